The van der Waals surface area contributed by atoms with Gasteiger partial charge in [0.05, 0.1) is 12.3 Å². The Balaban J connectivity index is 1.56. The van der Waals surface area contributed by atoms with Crippen LogP contribution in [0, 0.1) is 0 Å². The van der Waals surface area contributed by atoms with E-state index in [4.69, 9.17) is 16.3 Å². The zero-order chi connectivity index (χ0) is 24.1. The second kappa shape index (κ2) is 10.7. The molecule has 1 unspecified atom stereocenters. The Morgan fingerprint density at radius 2 is 1.82 bits per heavy atom. The molecule has 1 heterocycles. The number of fused-ring (bicyclic) bond motifs is 1. The van der Waals surface area contributed by atoms with Crippen molar-refractivity contribution in [3.8, 4) is 5.75 Å². The van der Waals surface area contributed by atoms with E-state index in [2.05, 4.69) is 11.9 Å². The van der Waals surface area contributed by atoms with Crippen LogP contribution in [-0.4, -0.2) is 25.7 Å². The van der Waals surface area contributed by atoms with Gasteiger partial charge in [-0.2, -0.15) is 0 Å². The van der Waals surface area contributed by atoms with E-state index in [0.29, 0.717) is 28.7 Å². The van der Waals surface area contributed by atoms with Crippen LogP contribution in [0.3, 0.4) is 0 Å². The minimum atomic E-state index is -1.13. The number of aliphatic hydroxyl groups excluding tert-OH is 1. The summed E-state index contributed by atoms with van der Waals surface area (Å²) in [5.41, 5.74) is 2.16. The van der Waals surface area contributed by atoms with E-state index in [-0.39, 0.29) is 6.61 Å². The van der Waals surface area contributed by atoms with Crippen molar-refractivity contribution in [2.24, 2.45) is 0 Å². The van der Waals surface area contributed by atoms with Gasteiger partial charge in [0, 0.05) is 18.5 Å². The monoisotopic (exact) mass is 478 g/mol. The highest BCUT2D eigenvalue weighted by molar-refractivity contribution is 6.30. The number of aryl methyl sites for hydroxylation is 1. The molecule has 4 rings (SSSR count). The summed E-state index contributed by atoms with van der Waals surface area (Å²) in [5, 5.41) is 21.8. The van der Waals surface area contributed by atoms with Crippen molar-refractivity contribution in [2.75, 3.05) is 0 Å². The molecule has 0 aliphatic carbocycles. The highest BCUT2D eigenvalue weighted by atomic mass is 35.5. The summed E-state index contributed by atoms with van der Waals surface area (Å²) in [6, 6.07) is 20.5. The number of carbonyl (C=O) groups is 1. The summed E-state index contributed by atoms with van der Waals surface area (Å²) in [7, 11) is 0. The van der Waals surface area contributed by atoms with Gasteiger partial charge in [-0.1, -0.05) is 79.5 Å². The molecule has 0 amide bonds. The van der Waals surface area contributed by atoms with Gasteiger partial charge in [0.2, 0.25) is 6.10 Å². The molecule has 0 aliphatic rings. The molecule has 2 N–H and O–H groups in total. The number of hydrogen-bond donors (Lipinski definition) is 2. The number of aliphatic hydroxyl groups is 1. The number of carboxylic acid groups (broad SMARTS) is 1. The number of unbranched alkanes of at least 4 members (excludes halogenated alkanes) is 1. The second-order valence-corrected chi connectivity index (χ2v) is 8.52. The molecule has 7 heteroatoms. The third-order valence-electron chi connectivity index (χ3n) is 5.85. The van der Waals surface area contributed by atoms with Gasteiger partial charge in [0.25, 0.3) is 0 Å². The summed E-state index contributed by atoms with van der Waals surface area (Å²) in [6.45, 7) is 2.42. The number of benzene rings is 3. The van der Waals surface area contributed by atoms with Crippen molar-refractivity contribution >= 4 is 28.3 Å². The number of imidazole rings is 1. The largest absolute Gasteiger partial charge is 0.478 e. The van der Waals surface area contributed by atoms with Gasteiger partial charge < -0.3 is 19.5 Å². The lowest BCUT2D eigenvalue weighted by molar-refractivity contribution is -0.145. The van der Waals surface area contributed by atoms with Crippen molar-refractivity contribution in [3.63, 3.8) is 0 Å². The number of carboxylic acids is 1. The van der Waals surface area contributed by atoms with E-state index in [1.165, 1.54) is 0 Å². The number of hydrogen-bond acceptors (Lipinski definition) is 4. The Morgan fingerprint density at radius 3 is 2.53 bits per heavy atom. The average Bonchev–Trinajstić information content (AvgIpc) is 3.15. The number of rotatable bonds is 10. The Kier molecular flexibility index (Phi) is 7.50. The number of aliphatic carboxylic acids is 1. The number of aromatic nitrogens is 2. The Labute approximate surface area is 203 Å². The first-order chi connectivity index (χ1) is 16.5. The zero-order valence-electron chi connectivity index (χ0n) is 18.9. The highest BCUT2D eigenvalue weighted by Gasteiger charge is 2.24. The van der Waals surface area contributed by atoms with Gasteiger partial charge in [-0.25, -0.2) is 9.78 Å². The SMILES string of the molecule is CCCCc1nc(Cl)c(CO)n1Cc1ccc(OC(C(=O)O)c2cccc3ccccc23)cc1. The molecule has 3 aromatic carbocycles. The van der Waals surface area contributed by atoms with Gasteiger partial charge in [-0.15, -0.1) is 0 Å². The summed E-state index contributed by atoms with van der Waals surface area (Å²) >= 11 is 6.24. The van der Waals surface area contributed by atoms with Crippen molar-refractivity contribution in [2.45, 2.75) is 45.4 Å². The van der Waals surface area contributed by atoms with E-state index < -0.39 is 12.1 Å². The molecule has 0 saturated heterocycles. The second-order valence-electron chi connectivity index (χ2n) is 8.16. The lowest BCUT2D eigenvalue weighted by Gasteiger charge is -2.18. The smallest absolute Gasteiger partial charge is 0.349 e. The molecule has 176 valence electrons. The van der Waals surface area contributed by atoms with Gasteiger partial charge in [0.15, 0.2) is 5.15 Å². The van der Waals surface area contributed by atoms with E-state index in [1.807, 2.05) is 53.1 Å². The maximum absolute atomic E-state index is 12.1. The minimum absolute atomic E-state index is 0.190. The van der Waals surface area contributed by atoms with Gasteiger partial charge in [0.1, 0.15) is 11.6 Å². The molecule has 6 nitrogen and oxygen atoms in total. The fourth-order valence-corrected chi connectivity index (χ4v) is 4.35. The van der Waals surface area contributed by atoms with E-state index in [9.17, 15) is 15.0 Å². The number of ether oxygens (including phenoxy) is 1. The molecular weight excluding hydrogens is 452 g/mol. The van der Waals surface area contributed by atoms with Crippen molar-refractivity contribution < 1.29 is 19.7 Å². The number of halogens is 1. The van der Waals surface area contributed by atoms with Gasteiger partial charge in [-0.3, -0.25) is 0 Å². The zero-order valence-corrected chi connectivity index (χ0v) is 19.7. The van der Waals surface area contributed by atoms with Crippen LogP contribution in [0.4, 0.5) is 0 Å². The molecule has 34 heavy (non-hydrogen) atoms. The van der Waals surface area contributed by atoms with E-state index in [0.717, 1.165) is 41.4 Å². The van der Waals surface area contributed by atoms with E-state index in [1.54, 1.807) is 18.2 Å². The summed E-state index contributed by atoms with van der Waals surface area (Å²) in [6.07, 6.45) is 1.66. The molecule has 1 atom stereocenters. The summed E-state index contributed by atoms with van der Waals surface area (Å²) in [4.78, 5) is 16.5. The molecule has 0 bridgehead atoms. The van der Waals surface area contributed by atoms with Crippen LogP contribution in [0.1, 0.15) is 48.5 Å². The standard InChI is InChI=1S/C27H27ClN2O4/c1-2-3-11-24-29-26(28)23(17-31)30(24)16-18-12-14-20(15-13-18)34-25(27(32)33)22-10-6-8-19-7-4-5-9-21(19)22/h4-10,12-15,25,31H,2-3,11,16-17H2,1H3,(H,32,33). The molecule has 0 aliphatic heterocycles. The normalized spacial score (nSPS) is 12.1. The topological polar surface area (TPSA) is 84.6 Å². The van der Waals surface area contributed by atoms with Crippen LogP contribution in [0.15, 0.2) is 66.7 Å². The van der Waals surface area contributed by atoms with Gasteiger partial charge in [-0.05, 0) is 34.9 Å². The van der Waals surface area contributed by atoms with Crippen molar-refractivity contribution in [1.82, 2.24) is 9.55 Å². The molecule has 1 aromatic heterocycles. The van der Waals surface area contributed by atoms with E-state index >= 15 is 0 Å². The van der Waals surface area contributed by atoms with Crippen LogP contribution >= 0.6 is 11.6 Å². The Hall–Kier alpha value is -3.35. The third-order valence-corrected chi connectivity index (χ3v) is 6.16. The first-order valence-electron chi connectivity index (χ1n) is 11.3. The maximum Gasteiger partial charge on any atom is 0.349 e. The molecule has 4 aromatic rings. The Morgan fingerprint density at radius 1 is 1.09 bits per heavy atom. The quantitative estimate of drug-likeness (QED) is 0.302. The molecule has 0 saturated carbocycles. The van der Waals surface area contributed by atoms with Crippen LogP contribution in [-0.2, 0) is 24.4 Å². The van der Waals surface area contributed by atoms with Crippen LogP contribution < -0.4 is 4.74 Å². The third kappa shape index (κ3) is 5.08. The summed E-state index contributed by atoms with van der Waals surface area (Å²) in [5.74, 6) is 0.251. The van der Waals surface area contributed by atoms with Crippen LogP contribution in [0.25, 0.3) is 10.8 Å². The minimum Gasteiger partial charge on any atom is -0.478 e. The van der Waals surface area contributed by atoms with Crippen LogP contribution in [0.5, 0.6) is 5.75 Å². The predicted molar refractivity (Wildman–Crippen MR) is 132 cm³/mol. The molecule has 0 spiro atoms. The lowest BCUT2D eigenvalue weighted by Crippen LogP contribution is -2.18. The first kappa shape index (κ1) is 23.8. The molecular formula is C27H27ClN2O4. The van der Waals surface area contributed by atoms with Crippen molar-refractivity contribution in [3.05, 3.63) is 94.5 Å². The Bertz CT molecular complexity index is 1280. The molecule has 0 radical (unpaired) electrons. The fraction of sp³-hybridized carbons (Fsp3) is 0.259. The fourth-order valence-electron chi connectivity index (χ4n) is 4.09. The summed E-state index contributed by atoms with van der Waals surface area (Å²) < 4.78 is 7.87. The average molecular weight is 479 g/mol. The molecule has 0 fully saturated rings. The first-order valence-corrected chi connectivity index (χ1v) is 11.7. The van der Waals surface area contributed by atoms with Crippen LogP contribution in [0.2, 0.25) is 5.15 Å². The maximum atomic E-state index is 12.1. The van der Waals surface area contributed by atoms with Gasteiger partial charge >= 0.3 is 5.97 Å². The predicted octanol–water partition coefficient (Wildman–Crippen LogP) is 5.78. The van der Waals surface area contributed by atoms with Crippen molar-refractivity contribution in [1.29, 1.82) is 0 Å². The number of nitrogens with zero attached hydrogens (tertiary/aromatic N) is 2. The lowest BCUT2D eigenvalue weighted by atomic mass is 10.0. The highest BCUT2D eigenvalue weighted by Crippen LogP contribution is 2.29.